The van der Waals surface area contributed by atoms with Crippen molar-refractivity contribution in [1.29, 1.82) is 0 Å². The number of halogens is 1. The second-order valence-electron chi connectivity index (χ2n) is 12.2. The number of nitrogens with zero attached hydrogens (tertiary/aromatic N) is 3. The van der Waals surface area contributed by atoms with Gasteiger partial charge in [0.25, 0.3) is 0 Å². The second-order valence-corrected chi connectivity index (χ2v) is 12.7. The minimum Gasteiger partial charge on any atom is -0.465 e. The summed E-state index contributed by atoms with van der Waals surface area (Å²) < 4.78 is 11.5. The van der Waals surface area contributed by atoms with Crippen LogP contribution in [0.5, 0.6) is 11.5 Å². The molecule has 0 bridgehead atoms. The molecule has 2 aliphatic rings. The molecule has 0 spiro atoms. The van der Waals surface area contributed by atoms with E-state index in [0.29, 0.717) is 17.1 Å². The molecule has 1 aromatic heterocycles. The number of nitrogens with one attached hydrogen (secondary N) is 1. The maximum absolute atomic E-state index is 12.7. The lowest BCUT2D eigenvalue weighted by Crippen LogP contribution is -2.46. The van der Waals surface area contributed by atoms with Crippen LogP contribution in [0.25, 0.3) is 22.0 Å². The van der Waals surface area contributed by atoms with Crippen LogP contribution in [0.4, 0.5) is 5.69 Å². The molecule has 236 valence electrons. The van der Waals surface area contributed by atoms with Crippen molar-refractivity contribution in [2.45, 2.75) is 25.9 Å². The molecule has 0 saturated carbocycles. The predicted molar refractivity (Wildman–Crippen MR) is 185 cm³/mol. The summed E-state index contributed by atoms with van der Waals surface area (Å²) in [7, 11) is 1.40. The van der Waals surface area contributed by atoms with Crippen molar-refractivity contribution in [3.05, 3.63) is 113 Å². The van der Waals surface area contributed by atoms with E-state index in [1.807, 2.05) is 60.8 Å². The largest absolute Gasteiger partial charge is 0.465 e. The number of anilines is 1. The van der Waals surface area contributed by atoms with E-state index in [9.17, 15) is 4.79 Å². The average molecular weight is 635 g/mol. The molecule has 1 N–H and O–H groups in total. The first-order valence-corrected chi connectivity index (χ1v) is 16.5. The number of piperazine rings is 1. The molecule has 0 amide bonds. The average Bonchev–Trinajstić information content (AvgIpc) is 3.79. The van der Waals surface area contributed by atoms with Crippen LogP contribution in [0.1, 0.15) is 34.3 Å². The summed E-state index contributed by atoms with van der Waals surface area (Å²) in [6.45, 7) is 7.85. The van der Waals surface area contributed by atoms with Crippen molar-refractivity contribution < 1.29 is 14.3 Å². The van der Waals surface area contributed by atoms with E-state index in [-0.39, 0.29) is 0 Å². The minimum absolute atomic E-state index is 0.404. The Bertz CT molecular complexity index is 1820. The molecule has 8 heteroatoms. The van der Waals surface area contributed by atoms with Crippen LogP contribution in [0.15, 0.2) is 91.1 Å². The van der Waals surface area contributed by atoms with E-state index < -0.39 is 5.97 Å². The Balaban J connectivity index is 1.09. The van der Waals surface area contributed by atoms with Crippen molar-refractivity contribution in [3.63, 3.8) is 0 Å². The molecule has 2 fully saturated rings. The maximum Gasteiger partial charge on any atom is 0.341 e. The van der Waals surface area contributed by atoms with Gasteiger partial charge in [0.2, 0.25) is 0 Å². The van der Waals surface area contributed by atoms with Gasteiger partial charge in [-0.3, -0.25) is 9.80 Å². The van der Waals surface area contributed by atoms with Crippen LogP contribution in [0.3, 0.4) is 0 Å². The first kappa shape index (κ1) is 30.4. The second kappa shape index (κ2) is 13.6. The molecule has 2 saturated heterocycles. The molecule has 0 atom stereocenters. The number of benzene rings is 4. The molecular weight excluding hydrogens is 596 g/mol. The quantitative estimate of drug-likeness (QED) is 0.166. The number of ether oxygens (including phenoxy) is 2. The summed E-state index contributed by atoms with van der Waals surface area (Å²) in [4.78, 5) is 23.4. The summed E-state index contributed by atoms with van der Waals surface area (Å²) >= 11 is 6.23. The van der Waals surface area contributed by atoms with Gasteiger partial charge < -0.3 is 19.4 Å². The number of hydrogen-bond donors (Lipinski definition) is 1. The number of carbonyl (C=O) groups excluding carboxylic acids is 1. The number of rotatable bonds is 9. The summed E-state index contributed by atoms with van der Waals surface area (Å²) in [6, 6.07) is 28.8. The summed E-state index contributed by atoms with van der Waals surface area (Å²) in [5.41, 5.74) is 7.59. The number of fused-ring (bicyclic) bond motifs is 1. The molecule has 4 aromatic carbocycles. The molecule has 46 heavy (non-hydrogen) atoms. The first-order valence-electron chi connectivity index (χ1n) is 16.1. The number of aromatic amines is 1. The number of aromatic nitrogens is 1. The normalized spacial score (nSPS) is 15.8. The minimum atomic E-state index is -0.420. The van der Waals surface area contributed by atoms with Gasteiger partial charge in [0.15, 0.2) is 0 Å². The van der Waals surface area contributed by atoms with Gasteiger partial charge >= 0.3 is 5.97 Å². The third kappa shape index (κ3) is 6.63. The first-order chi connectivity index (χ1) is 22.5. The Kier molecular flexibility index (Phi) is 8.97. The Morgan fingerprint density at radius 2 is 1.59 bits per heavy atom. The van der Waals surface area contributed by atoms with Crippen molar-refractivity contribution in [1.82, 2.24) is 14.8 Å². The van der Waals surface area contributed by atoms with Crippen LogP contribution in [-0.2, 0) is 17.8 Å². The fourth-order valence-electron chi connectivity index (χ4n) is 6.73. The highest BCUT2D eigenvalue weighted by Crippen LogP contribution is 2.35. The SMILES string of the molecule is COC(=O)c1ccc(N2CCN(Cc3cc(CN4CCCC4)ccc3-c3ccc(Cl)cc3)CC2)cc1Oc1cccc2[nH]ccc12. The number of likely N-dealkylation sites (tertiary alicyclic amines) is 1. The van der Waals surface area contributed by atoms with Gasteiger partial charge in [-0.25, -0.2) is 4.79 Å². The van der Waals surface area contributed by atoms with E-state index >= 15 is 0 Å². The van der Waals surface area contributed by atoms with E-state index in [2.05, 4.69) is 50.0 Å². The number of H-pyrrole nitrogens is 1. The zero-order valence-electron chi connectivity index (χ0n) is 26.2. The van der Waals surface area contributed by atoms with E-state index in [4.69, 9.17) is 21.1 Å². The summed E-state index contributed by atoms with van der Waals surface area (Å²) in [5.74, 6) is 0.758. The van der Waals surface area contributed by atoms with Gasteiger partial charge in [0.05, 0.1) is 7.11 Å². The fourth-order valence-corrected chi connectivity index (χ4v) is 6.85. The van der Waals surface area contributed by atoms with Gasteiger partial charge in [-0.2, -0.15) is 0 Å². The topological polar surface area (TPSA) is 61.0 Å². The van der Waals surface area contributed by atoms with Crippen LogP contribution < -0.4 is 9.64 Å². The standard InChI is InChI=1S/C38H39ClN4O3/c1-45-38(44)34-14-12-31(24-37(34)46-36-6-4-5-35-33(36)15-16-40-35)43-21-19-42(20-22-43)26-29-23-27(25-41-17-2-3-18-41)7-13-32(29)28-8-10-30(39)11-9-28/h4-16,23-24,40H,2-3,17-22,25-26H2,1H3. The molecule has 2 aliphatic heterocycles. The number of esters is 1. The summed E-state index contributed by atoms with van der Waals surface area (Å²) in [6.07, 6.45) is 4.47. The highest BCUT2D eigenvalue weighted by Gasteiger charge is 2.23. The fraction of sp³-hybridized carbons (Fsp3) is 0.289. The number of carbonyl (C=O) groups is 1. The van der Waals surface area contributed by atoms with Crippen LogP contribution in [-0.4, -0.2) is 67.1 Å². The molecule has 0 unspecified atom stereocenters. The lowest BCUT2D eigenvalue weighted by Gasteiger charge is -2.36. The predicted octanol–water partition coefficient (Wildman–Crippen LogP) is 7.99. The van der Waals surface area contributed by atoms with E-state index in [1.54, 1.807) is 0 Å². The molecule has 7 rings (SSSR count). The monoisotopic (exact) mass is 634 g/mol. The maximum atomic E-state index is 12.7. The van der Waals surface area contributed by atoms with Gasteiger partial charge in [-0.1, -0.05) is 48.0 Å². The third-order valence-electron chi connectivity index (χ3n) is 9.21. The third-order valence-corrected chi connectivity index (χ3v) is 9.46. The Hall–Kier alpha value is -4.30. The van der Waals surface area contributed by atoms with E-state index in [0.717, 1.165) is 60.9 Å². The number of methoxy groups -OCH3 is 1. The molecule has 3 heterocycles. The van der Waals surface area contributed by atoms with Gasteiger partial charge in [-0.05, 0) is 90.6 Å². The Morgan fingerprint density at radius 1 is 0.804 bits per heavy atom. The smallest absolute Gasteiger partial charge is 0.341 e. The van der Waals surface area contributed by atoms with Crippen molar-refractivity contribution in [2.75, 3.05) is 51.3 Å². The van der Waals surface area contributed by atoms with E-state index in [1.165, 1.54) is 55.3 Å². The zero-order valence-corrected chi connectivity index (χ0v) is 26.9. The van der Waals surface area contributed by atoms with Crippen LogP contribution >= 0.6 is 11.6 Å². The van der Waals surface area contributed by atoms with Gasteiger partial charge in [0.1, 0.15) is 17.1 Å². The molecular formula is C38H39ClN4O3. The Labute approximate surface area is 275 Å². The van der Waals surface area contributed by atoms with Gasteiger partial charge in [-0.15, -0.1) is 0 Å². The molecule has 0 radical (unpaired) electrons. The van der Waals surface area contributed by atoms with Crippen molar-refractivity contribution in [3.8, 4) is 22.6 Å². The molecule has 5 aromatic rings. The van der Waals surface area contributed by atoms with Crippen molar-refractivity contribution >= 4 is 34.2 Å². The lowest BCUT2D eigenvalue weighted by molar-refractivity contribution is 0.0598. The Morgan fingerprint density at radius 3 is 2.37 bits per heavy atom. The molecule has 0 aliphatic carbocycles. The highest BCUT2D eigenvalue weighted by molar-refractivity contribution is 6.30. The van der Waals surface area contributed by atoms with Gasteiger partial charge in [0, 0.05) is 73.1 Å². The van der Waals surface area contributed by atoms with Crippen molar-refractivity contribution in [2.24, 2.45) is 0 Å². The zero-order chi connectivity index (χ0) is 31.5. The number of hydrogen-bond acceptors (Lipinski definition) is 6. The lowest BCUT2D eigenvalue weighted by atomic mass is 9.96. The molecule has 7 nitrogen and oxygen atoms in total. The van der Waals surface area contributed by atoms with Crippen LogP contribution in [0, 0.1) is 0 Å². The van der Waals surface area contributed by atoms with Crippen LogP contribution in [0.2, 0.25) is 5.02 Å². The highest BCUT2D eigenvalue weighted by atomic mass is 35.5. The summed E-state index contributed by atoms with van der Waals surface area (Å²) in [5, 5.41) is 1.71.